The van der Waals surface area contributed by atoms with Crippen LogP contribution in [0.25, 0.3) is 0 Å². The summed E-state index contributed by atoms with van der Waals surface area (Å²) in [5, 5.41) is 6.66. The van der Waals surface area contributed by atoms with Crippen LogP contribution >= 0.6 is 0 Å². The van der Waals surface area contributed by atoms with Gasteiger partial charge in [-0.25, -0.2) is 4.39 Å². The minimum absolute atomic E-state index is 0.0472. The van der Waals surface area contributed by atoms with Gasteiger partial charge in [-0.15, -0.1) is 0 Å². The van der Waals surface area contributed by atoms with Crippen LogP contribution in [0.15, 0.2) is 65.2 Å². The van der Waals surface area contributed by atoms with E-state index in [9.17, 15) is 14.0 Å². The van der Waals surface area contributed by atoms with Gasteiger partial charge in [0, 0.05) is 25.1 Å². The summed E-state index contributed by atoms with van der Waals surface area (Å²) >= 11 is 0. The van der Waals surface area contributed by atoms with Gasteiger partial charge in [0.1, 0.15) is 5.82 Å². The van der Waals surface area contributed by atoms with E-state index in [2.05, 4.69) is 22.6 Å². The highest BCUT2D eigenvalue weighted by Crippen LogP contribution is 2.26. The molecule has 1 fully saturated rings. The van der Waals surface area contributed by atoms with Crippen molar-refractivity contribution < 1.29 is 18.5 Å². The fourth-order valence-corrected chi connectivity index (χ4v) is 4.34. The molecule has 0 spiro atoms. The maximum absolute atomic E-state index is 13.3. The summed E-state index contributed by atoms with van der Waals surface area (Å²) in [6.07, 6.45) is 5.96. The number of hydrogen-bond donors (Lipinski definition) is 1. The SMILES string of the molecule is O=C(NCc1ccc(F)cc1)c1cc(CN(CCc2ccccc2)C(=O)C2CCCCC2)on1. The van der Waals surface area contributed by atoms with E-state index in [0.717, 1.165) is 37.7 Å². The number of carbonyl (C=O) groups excluding carboxylic acids is 2. The number of nitrogens with zero attached hydrogens (tertiary/aromatic N) is 2. The summed E-state index contributed by atoms with van der Waals surface area (Å²) in [6.45, 7) is 1.11. The molecule has 0 aliphatic heterocycles. The molecule has 4 rings (SSSR count). The first-order valence-corrected chi connectivity index (χ1v) is 11.9. The number of carbonyl (C=O) groups is 2. The molecule has 1 aliphatic rings. The van der Waals surface area contributed by atoms with Crippen LogP contribution in [-0.4, -0.2) is 28.4 Å². The van der Waals surface area contributed by atoms with E-state index in [-0.39, 0.29) is 42.3 Å². The Morgan fingerprint density at radius 1 is 1.00 bits per heavy atom. The van der Waals surface area contributed by atoms with Crippen molar-refractivity contribution >= 4 is 11.8 Å². The van der Waals surface area contributed by atoms with Crippen molar-refractivity contribution in [2.45, 2.75) is 51.6 Å². The highest BCUT2D eigenvalue weighted by molar-refractivity contribution is 5.92. The van der Waals surface area contributed by atoms with Crippen molar-refractivity contribution in [2.24, 2.45) is 5.92 Å². The van der Waals surface area contributed by atoms with Crippen LogP contribution in [0.3, 0.4) is 0 Å². The number of benzene rings is 2. The fourth-order valence-electron chi connectivity index (χ4n) is 4.34. The molecular weight excluding hydrogens is 433 g/mol. The molecule has 178 valence electrons. The molecule has 34 heavy (non-hydrogen) atoms. The minimum atomic E-state index is -0.381. The van der Waals surface area contributed by atoms with Crippen LogP contribution in [0.4, 0.5) is 4.39 Å². The molecule has 0 bridgehead atoms. The monoisotopic (exact) mass is 463 g/mol. The van der Waals surface area contributed by atoms with Gasteiger partial charge < -0.3 is 14.7 Å². The topological polar surface area (TPSA) is 75.4 Å². The zero-order chi connectivity index (χ0) is 23.8. The first kappa shape index (κ1) is 23.7. The normalized spacial score (nSPS) is 14.0. The summed E-state index contributed by atoms with van der Waals surface area (Å²) < 4.78 is 18.5. The zero-order valence-electron chi connectivity index (χ0n) is 19.2. The Balaban J connectivity index is 1.39. The van der Waals surface area contributed by atoms with Gasteiger partial charge >= 0.3 is 0 Å². The second-order valence-electron chi connectivity index (χ2n) is 8.82. The Morgan fingerprint density at radius 2 is 1.74 bits per heavy atom. The van der Waals surface area contributed by atoms with E-state index in [4.69, 9.17) is 4.52 Å². The molecule has 1 heterocycles. The predicted octanol–water partition coefficient (Wildman–Crippen LogP) is 4.90. The Kier molecular flexibility index (Phi) is 8.07. The first-order valence-electron chi connectivity index (χ1n) is 11.9. The molecule has 0 atom stereocenters. The van der Waals surface area contributed by atoms with Crippen LogP contribution in [0, 0.1) is 11.7 Å². The number of halogens is 1. The number of nitrogens with one attached hydrogen (secondary N) is 1. The standard InChI is InChI=1S/C27H30FN3O3/c28-23-13-11-21(12-14-23)18-29-26(32)25-17-24(34-30-25)19-31(16-15-20-7-3-1-4-8-20)27(33)22-9-5-2-6-10-22/h1,3-4,7-8,11-14,17,22H,2,5-6,9-10,15-16,18-19H2,(H,29,32). The molecule has 0 unspecified atom stereocenters. The third-order valence-electron chi connectivity index (χ3n) is 6.28. The van der Waals surface area contributed by atoms with Crippen LogP contribution < -0.4 is 5.32 Å². The second-order valence-corrected chi connectivity index (χ2v) is 8.82. The fraction of sp³-hybridized carbons (Fsp3) is 0.370. The minimum Gasteiger partial charge on any atom is -0.359 e. The molecule has 0 saturated heterocycles. The van der Waals surface area contributed by atoms with Gasteiger partial charge in [-0.2, -0.15) is 0 Å². The van der Waals surface area contributed by atoms with Gasteiger partial charge in [0.05, 0.1) is 6.54 Å². The van der Waals surface area contributed by atoms with E-state index in [1.54, 1.807) is 18.2 Å². The largest absolute Gasteiger partial charge is 0.359 e. The van der Waals surface area contributed by atoms with E-state index in [1.807, 2.05) is 23.1 Å². The molecule has 7 heteroatoms. The maximum Gasteiger partial charge on any atom is 0.273 e. The van der Waals surface area contributed by atoms with Gasteiger partial charge in [0.2, 0.25) is 5.91 Å². The lowest BCUT2D eigenvalue weighted by Crippen LogP contribution is -2.37. The lowest BCUT2D eigenvalue weighted by Gasteiger charge is -2.28. The summed E-state index contributed by atoms with van der Waals surface area (Å²) in [6, 6.07) is 17.6. The van der Waals surface area contributed by atoms with E-state index in [0.29, 0.717) is 12.3 Å². The predicted molar refractivity (Wildman–Crippen MR) is 126 cm³/mol. The van der Waals surface area contributed by atoms with E-state index < -0.39 is 0 Å². The second kappa shape index (κ2) is 11.6. The number of aromatic nitrogens is 1. The average molecular weight is 464 g/mol. The molecule has 1 aromatic heterocycles. The van der Waals surface area contributed by atoms with Crippen LogP contribution in [-0.2, 0) is 24.3 Å². The lowest BCUT2D eigenvalue weighted by molar-refractivity contribution is -0.137. The van der Waals surface area contributed by atoms with E-state index in [1.165, 1.54) is 24.1 Å². The highest BCUT2D eigenvalue weighted by atomic mass is 19.1. The smallest absolute Gasteiger partial charge is 0.273 e. The Bertz CT molecular complexity index is 1080. The Labute approximate surface area is 199 Å². The molecule has 2 aromatic carbocycles. The average Bonchev–Trinajstić information content (AvgIpc) is 3.35. The van der Waals surface area contributed by atoms with Crippen molar-refractivity contribution in [3.63, 3.8) is 0 Å². The molecule has 2 amide bonds. The maximum atomic E-state index is 13.3. The molecule has 3 aromatic rings. The first-order chi connectivity index (χ1) is 16.6. The van der Waals surface area contributed by atoms with Crippen molar-refractivity contribution in [3.8, 4) is 0 Å². The third-order valence-corrected chi connectivity index (χ3v) is 6.28. The summed E-state index contributed by atoms with van der Waals surface area (Å²) in [4.78, 5) is 27.6. The van der Waals surface area contributed by atoms with Gasteiger partial charge in [0.15, 0.2) is 11.5 Å². The van der Waals surface area contributed by atoms with Gasteiger partial charge in [-0.05, 0) is 42.5 Å². The zero-order valence-corrected chi connectivity index (χ0v) is 19.2. The Morgan fingerprint density at radius 3 is 2.47 bits per heavy atom. The molecule has 1 N–H and O–H groups in total. The summed E-state index contributed by atoms with van der Waals surface area (Å²) in [5.74, 6) is -0.0333. The quantitative estimate of drug-likeness (QED) is 0.490. The summed E-state index contributed by atoms with van der Waals surface area (Å²) in [7, 11) is 0. The Hall–Kier alpha value is -3.48. The van der Waals surface area contributed by atoms with Crippen LogP contribution in [0.1, 0.15) is 59.5 Å². The van der Waals surface area contributed by atoms with Gasteiger partial charge in [-0.3, -0.25) is 9.59 Å². The lowest BCUT2D eigenvalue weighted by atomic mass is 9.88. The van der Waals surface area contributed by atoms with Crippen molar-refractivity contribution in [2.75, 3.05) is 6.54 Å². The van der Waals surface area contributed by atoms with Crippen molar-refractivity contribution in [1.29, 1.82) is 0 Å². The van der Waals surface area contributed by atoms with Gasteiger partial charge in [-0.1, -0.05) is 66.9 Å². The number of rotatable bonds is 9. The molecule has 1 aliphatic carbocycles. The molecular formula is C27H30FN3O3. The highest BCUT2D eigenvalue weighted by Gasteiger charge is 2.27. The van der Waals surface area contributed by atoms with Crippen LogP contribution in [0.5, 0.6) is 0 Å². The number of amides is 2. The molecule has 1 saturated carbocycles. The number of hydrogen-bond acceptors (Lipinski definition) is 4. The van der Waals surface area contributed by atoms with Crippen LogP contribution in [0.2, 0.25) is 0 Å². The third kappa shape index (κ3) is 6.53. The van der Waals surface area contributed by atoms with Crippen molar-refractivity contribution in [3.05, 3.63) is 89.1 Å². The van der Waals surface area contributed by atoms with Crippen molar-refractivity contribution in [1.82, 2.24) is 15.4 Å². The van der Waals surface area contributed by atoms with E-state index >= 15 is 0 Å². The van der Waals surface area contributed by atoms with Gasteiger partial charge in [0.25, 0.3) is 5.91 Å². The molecule has 0 radical (unpaired) electrons. The molecule has 6 nitrogen and oxygen atoms in total. The summed E-state index contributed by atoms with van der Waals surface area (Å²) in [5.41, 5.74) is 2.11.